The van der Waals surface area contributed by atoms with Crippen molar-refractivity contribution in [3.05, 3.63) is 0 Å². The number of hydrogen-bond donors (Lipinski definition) is 1. The van der Waals surface area contributed by atoms with E-state index in [0.29, 0.717) is 0 Å². The van der Waals surface area contributed by atoms with E-state index in [9.17, 15) is 0 Å². The molecule has 0 aromatic heterocycles. The number of nitrogens with two attached hydrogens (primary N) is 1. The summed E-state index contributed by atoms with van der Waals surface area (Å²) in [6, 6.07) is 1.60. The van der Waals surface area contributed by atoms with E-state index in [1.807, 2.05) is 0 Å². The molecule has 1 aliphatic heterocycles. The van der Waals surface area contributed by atoms with Crippen LogP contribution in [0.1, 0.15) is 19.8 Å². The third kappa shape index (κ3) is 1.88. The number of thioether (sulfide) groups is 1. The first-order valence-corrected chi connectivity index (χ1v) is 6.52. The van der Waals surface area contributed by atoms with Crippen LogP contribution in [0.3, 0.4) is 0 Å². The van der Waals surface area contributed by atoms with Gasteiger partial charge in [-0.2, -0.15) is 11.8 Å². The Balaban J connectivity index is 1.91. The van der Waals surface area contributed by atoms with Gasteiger partial charge in [0.2, 0.25) is 0 Å². The first-order valence-electron chi connectivity index (χ1n) is 5.36. The molecule has 0 aromatic rings. The SMILES string of the molecule is CC1CSCCN1C1CCC1CN. The Labute approximate surface area is 85.2 Å². The minimum absolute atomic E-state index is 0.776. The maximum Gasteiger partial charge on any atom is 0.0161 e. The van der Waals surface area contributed by atoms with Crippen LogP contribution in [0.4, 0.5) is 0 Å². The van der Waals surface area contributed by atoms with Gasteiger partial charge < -0.3 is 5.73 Å². The van der Waals surface area contributed by atoms with Gasteiger partial charge in [0.15, 0.2) is 0 Å². The summed E-state index contributed by atoms with van der Waals surface area (Å²) in [5.41, 5.74) is 5.74. The van der Waals surface area contributed by atoms with Crippen molar-refractivity contribution in [1.29, 1.82) is 0 Å². The Morgan fingerprint density at radius 3 is 2.85 bits per heavy atom. The van der Waals surface area contributed by atoms with E-state index in [0.717, 1.165) is 24.5 Å². The minimum atomic E-state index is 0.776. The maximum absolute atomic E-state index is 5.74. The van der Waals surface area contributed by atoms with E-state index in [1.165, 1.54) is 30.9 Å². The molecule has 2 aliphatic rings. The van der Waals surface area contributed by atoms with Crippen molar-refractivity contribution in [2.45, 2.75) is 31.8 Å². The van der Waals surface area contributed by atoms with Crippen LogP contribution in [0.25, 0.3) is 0 Å². The van der Waals surface area contributed by atoms with Gasteiger partial charge in [-0.05, 0) is 32.2 Å². The number of rotatable bonds is 2. The molecule has 3 unspecified atom stereocenters. The number of nitrogens with zero attached hydrogens (tertiary/aromatic N) is 1. The molecule has 1 saturated heterocycles. The van der Waals surface area contributed by atoms with E-state index in [4.69, 9.17) is 5.73 Å². The average Bonchev–Trinajstić information content (AvgIpc) is 2.08. The topological polar surface area (TPSA) is 29.3 Å². The molecule has 13 heavy (non-hydrogen) atoms. The monoisotopic (exact) mass is 200 g/mol. The first-order chi connectivity index (χ1) is 6.33. The predicted octanol–water partition coefficient (Wildman–Crippen LogP) is 1.16. The Bertz CT molecular complexity index is 172. The molecule has 0 amide bonds. The van der Waals surface area contributed by atoms with E-state index >= 15 is 0 Å². The Kier molecular flexibility index (Phi) is 3.17. The zero-order chi connectivity index (χ0) is 9.26. The van der Waals surface area contributed by atoms with Gasteiger partial charge in [-0.15, -0.1) is 0 Å². The quantitative estimate of drug-likeness (QED) is 0.725. The molecule has 2 fully saturated rings. The molecule has 3 heteroatoms. The van der Waals surface area contributed by atoms with Crippen LogP contribution in [0.5, 0.6) is 0 Å². The molecule has 1 aliphatic carbocycles. The van der Waals surface area contributed by atoms with Crippen LogP contribution >= 0.6 is 11.8 Å². The summed E-state index contributed by atoms with van der Waals surface area (Å²) in [4.78, 5) is 2.69. The van der Waals surface area contributed by atoms with Crippen LogP contribution in [0.2, 0.25) is 0 Å². The van der Waals surface area contributed by atoms with Crippen molar-refractivity contribution < 1.29 is 0 Å². The van der Waals surface area contributed by atoms with Crippen molar-refractivity contribution in [3.8, 4) is 0 Å². The van der Waals surface area contributed by atoms with Crippen LogP contribution in [0.15, 0.2) is 0 Å². The van der Waals surface area contributed by atoms with E-state index in [1.54, 1.807) is 0 Å². The highest BCUT2D eigenvalue weighted by molar-refractivity contribution is 7.99. The first kappa shape index (κ1) is 9.81. The Morgan fingerprint density at radius 1 is 1.46 bits per heavy atom. The molecular formula is C10H20N2S. The lowest BCUT2D eigenvalue weighted by molar-refractivity contribution is 0.0464. The van der Waals surface area contributed by atoms with Crippen LogP contribution in [0, 0.1) is 5.92 Å². The molecule has 2 N–H and O–H groups in total. The lowest BCUT2D eigenvalue weighted by atomic mass is 9.78. The third-order valence-corrected chi connectivity index (χ3v) is 4.71. The molecular weight excluding hydrogens is 180 g/mol. The number of hydrogen-bond acceptors (Lipinski definition) is 3. The third-order valence-electron chi connectivity index (χ3n) is 3.53. The van der Waals surface area contributed by atoms with Gasteiger partial charge in [-0.1, -0.05) is 0 Å². The maximum atomic E-state index is 5.74. The molecule has 0 bridgehead atoms. The molecule has 3 atom stereocenters. The van der Waals surface area contributed by atoms with E-state index < -0.39 is 0 Å². The zero-order valence-corrected chi connectivity index (χ0v) is 9.22. The molecule has 0 aromatic carbocycles. The van der Waals surface area contributed by atoms with E-state index in [-0.39, 0.29) is 0 Å². The van der Waals surface area contributed by atoms with Crippen LogP contribution in [-0.2, 0) is 0 Å². The van der Waals surface area contributed by atoms with Crippen molar-refractivity contribution >= 4 is 11.8 Å². The fourth-order valence-electron chi connectivity index (χ4n) is 2.50. The smallest absolute Gasteiger partial charge is 0.0161 e. The molecule has 1 heterocycles. The lowest BCUT2D eigenvalue weighted by Gasteiger charge is -2.48. The lowest BCUT2D eigenvalue weighted by Crippen LogP contribution is -2.55. The molecule has 0 radical (unpaired) electrons. The van der Waals surface area contributed by atoms with Gasteiger partial charge in [0.1, 0.15) is 0 Å². The normalized spacial score (nSPS) is 41.5. The molecule has 0 spiro atoms. The standard InChI is InChI=1S/C10H20N2S/c1-8-7-13-5-4-12(8)10-3-2-9(10)6-11/h8-10H,2-7,11H2,1H3. The second kappa shape index (κ2) is 4.20. The molecule has 2 nitrogen and oxygen atoms in total. The van der Waals surface area contributed by atoms with Crippen molar-refractivity contribution in [3.63, 3.8) is 0 Å². The summed E-state index contributed by atoms with van der Waals surface area (Å²) >= 11 is 2.09. The highest BCUT2D eigenvalue weighted by Gasteiger charge is 2.37. The predicted molar refractivity (Wildman–Crippen MR) is 59.1 cm³/mol. The van der Waals surface area contributed by atoms with Gasteiger partial charge in [0.05, 0.1) is 0 Å². The van der Waals surface area contributed by atoms with Gasteiger partial charge in [-0.25, -0.2) is 0 Å². The molecule has 2 rings (SSSR count). The summed E-state index contributed by atoms with van der Waals surface area (Å²) in [6.45, 7) is 4.53. The summed E-state index contributed by atoms with van der Waals surface area (Å²) in [6.07, 6.45) is 2.74. The fourth-order valence-corrected chi connectivity index (χ4v) is 3.53. The average molecular weight is 200 g/mol. The van der Waals surface area contributed by atoms with Crippen LogP contribution in [-0.4, -0.2) is 41.6 Å². The fraction of sp³-hybridized carbons (Fsp3) is 1.00. The van der Waals surface area contributed by atoms with Crippen molar-refractivity contribution in [2.75, 3.05) is 24.6 Å². The van der Waals surface area contributed by atoms with E-state index in [2.05, 4.69) is 23.6 Å². The Hall–Kier alpha value is 0.270. The molecule has 76 valence electrons. The zero-order valence-electron chi connectivity index (χ0n) is 8.41. The highest BCUT2D eigenvalue weighted by atomic mass is 32.2. The van der Waals surface area contributed by atoms with Gasteiger partial charge >= 0.3 is 0 Å². The summed E-state index contributed by atoms with van der Waals surface area (Å²) in [5.74, 6) is 3.43. The minimum Gasteiger partial charge on any atom is -0.330 e. The summed E-state index contributed by atoms with van der Waals surface area (Å²) in [5, 5.41) is 0. The molecule has 1 saturated carbocycles. The summed E-state index contributed by atoms with van der Waals surface area (Å²) < 4.78 is 0. The van der Waals surface area contributed by atoms with Gasteiger partial charge in [-0.3, -0.25) is 4.90 Å². The highest BCUT2D eigenvalue weighted by Crippen LogP contribution is 2.34. The van der Waals surface area contributed by atoms with Gasteiger partial charge in [0.25, 0.3) is 0 Å². The Morgan fingerprint density at radius 2 is 2.31 bits per heavy atom. The van der Waals surface area contributed by atoms with Gasteiger partial charge in [0, 0.05) is 30.1 Å². The van der Waals surface area contributed by atoms with Crippen molar-refractivity contribution in [2.24, 2.45) is 11.7 Å². The second-order valence-corrected chi connectivity index (χ2v) is 5.45. The van der Waals surface area contributed by atoms with Crippen molar-refractivity contribution in [1.82, 2.24) is 4.90 Å². The second-order valence-electron chi connectivity index (χ2n) is 4.30. The van der Waals surface area contributed by atoms with Crippen LogP contribution < -0.4 is 5.73 Å². The largest absolute Gasteiger partial charge is 0.330 e. The summed E-state index contributed by atoms with van der Waals surface area (Å²) in [7, 11) is 0.